The van der Waals surface area contributed by atoms with E-state index in [1.165, 1.54) is 0 Å². The summed E-state index contributed by atoms with van der Waals surface area (Å²) >= 11 is 0. The lowest BCUT2D eigenvalue weighted by Crippen LogP contribution is -2.05. The number of rotatable bonds is 2. The molecule has 0 saturated carbocycles. The summed E-state index contributed by atoms with van der Waals surface area (Å²) in [5.41, 5.74) is 3.53. The van der Waals surface area contributed by atoms with Crippen molar-refractivity contribution in [1.82, 2.24) is 19.5 Å². The van der Waals surface area contributed by atoms with Gasteiger partial charge in [-0.1, -0.05) is 0 Å². The number of imidazole rings is 1. The molecule has 0 aliphatic heterocycles. The molecule has 0 bridgehead atoms. The number of nitrogens with zero attached hydrogens (tertiary/aromatic N) is 4. The average Bonchev–Trinajstić information content (AvgIpc) is 2.60. The maximum absolute atomic E-state index is 9.04. The lowest BCUT2D eigenvalue weighted by molar-refractivity contribution is 0.280. The molecular weight excluding hydrogens is 204 g/mol. The van der Waals surface area contributed by atoms with Crippen LogP contribution in [0.1, 0.15) is 22.6 Å². The Hall–Kier alpha value is -1.75. The van der Waals surface area contributed by atoms with Crippen molar-refractivity contribution >= 4 is 0 Å². The lowest BCUT2D eigenvalue weighted by Gasteiger charge is -2.06. The number of aryl methyl sites for hydroxylation is 2. The highest BCUT2D eigenvalue weighted by atomic mass is 16.3. The first kappa shape index (κ1) is 10.8. The van der Waals surface area contributed by atoms with Crippen molar-refractivity contribution in [2.45, 2.75) is 27.4 Å². The van der Waals surface area contributed by atoms with Crippen LogP contribution in [0.2, 0.25) is 0 Å². The highest BCUT2D eigenvalue weighted by Crippen LogP contribution is 2.11. The third-order valence-electron chi connectivity index (χ3n) is 2.71. The van der Waals surface area contributed by atoms with Crippen molar-refractivity contribution in [2.75, 3.05) is 0 Å². The summed E-state index contributed by atoms with van der Waals surface area (Å²) in [7, 11) is 0. The van der Waals surface area contributed by atoms with E-state index in [0.717, 1.165) is 22.6 Å². The molecule has 0 unspecified atom stereocenters. The normalized spacial score (nSPS) is 10.8. The highest BCUT2D eigenvalue weighted by molar-refractivity contribution is 5.25. The molecule has 16 heavy (non-hydrogen) atoms. The van der Waals surface area contributed by atoms with Crippen LogP contribution in [0.3, 0.4) is 0 Å². The van der Waals surface area contributed by atoms with Gasteiger partial charge < -0.3 is 5.11 Å². The molecule has 2 rings (SSSR count). The average molecular weight is 218 g/mol. The molecule has 0 fully saturated rings. The molecule has 0 saturated heterocycles. The summed E-state index contributed by atoms with van der Waals surface area (Å²) in [6, 6.07) is 0. The number of hydrogen-bond donors (Lipinski definition) is 1. The van der Waals surface area contributed by atoms with E-state index in [0.29, 0.717) is 5.95 Å². The van der Waals surface area contributed by atoms with Crippen molar-refractivity contribution in [1.29, 1.82) is 0 Å². The maximum atomic E-state index is 9.04. The first-order chi connectivity index (χ1) is 7.63. The molecule has 0 aromatic carbocycles. The van der Waals surface area contributed by atoms with Crippen LogP contribution in [0.5, 0.6) is 0 Å². The molecule has 0 spiro atoms. The molecule has 2 aromatic heterocycles. The molecule has 0 amide bonds. The minimum Gasteiger partial charge on any atom is -0.392 e. The Morgan fingerprint density at radius 1 is 1.19 bits per heavy atom. The fourth-order valence-corrected chi connectivity index (χ4v) is 1.45. The summed E-state index contributed by atoms with van der Waals surface area (Å²) in [6.45, 7) is 5.74. The summed E-state index contributed by atoms with van der Waals surface area (Å²) in [5.74, 6) is 0.591. The molecule has 5 nitrogen and oxygen atoms in total. The second-order valence-electron chi connectivity index (χ2n) is 3.72. The number of hydrogen-bond acceptors (Lipinski definition) is 4. The van der Waals surface area contributed by atoms with Gasteiger partial charge in [0.2, 0.25) is 5.95 Å². The van der Waals surface area contributed by atoms with E-state index in [2.05, 4.69) is 15.0 Å². The van der Waals surface area contributed by atoms with Crippen molar-refractivity contribution in [3.05, 3.63) is 35.2 Å². The summed E-state index contributed by atoms with van der Waals surface area (Å²) in [5, 5.41) is 9.04. The fourth-order valence-electron chi connectivity index (χ4n) is 1.45. The van der Waals surface area contributed by atoms with E-state index >= 15 is 0 Å². The van der Waals surface area contributed by atoms with Gasteiger partial charge in [0.15, 0.2) is 0 Å². The van der Waals surface area contributed by atoms with E-state index in [9.17, 15) is 0 Å². The van der Waals surface area contributed by atoms with Crippen molar-refractivity contribution in [3.63, 3.8) is 0 Å². The molecule has 84 valence electrons. The monoisotopic (exact) mass is 218 g/mol. The van der Waals surface area contributed by atoms with E-state index in [1.54, 1.807) is 12.5 Å². The van der Waals surface area contributed by atoms with Gasteiger partial charge in [-0.3, -0.25) is 4.57 Å². The smallest absolute Gasteiger partial charge is 0.235 e. The molecule has 2 aromatic rings. The van der Waals surface area contributed by atoms with Crippen LogP contribution in [0.4, 0.5) is 0 Å². The molecule has 0 aliphatic carbocycles. The molecule has 2 heterocycles. The van der Waals surface area contributed by atoms with Crippen LogP contribution in [-0.2, 0) is 6.61 Å². The third-order valence-corrected chi connectivity index (χ3v) is 2.71. The minimum atomic E-state index is -0.0337. The Morgan fingerprint density at radius 3 is 2.44 bits per heavy atom. The Balaban J connectivity index is 2.49. The number of aliphatic hydroxyl groups is 1. The van der Waals surface area contributed by atoms with Gasteiger partial charge in [-0.25, -0.2) is 15.0 Å². The van der Waals surface area contributed by atoms with Crippen molar-refractivity contribution in [2.24, 2.45) is 0 Å². The maximum Gasteiger partial charge on any atom is 0.235 e. The molecule has 1 N–H and O–H groups in total. The lowest BCUT2D eigenvalue weighted by atomic mass is 10.2. The SMILES string of the molecule is Cc1nc(-n2cnc(C)c2C)ncc1CO. The van der Waals surface area contributed by atoms with Gasteiger partial charge in [0, 0.05) is 23.1 Å². The van der Waals surface area contributed by atoms with Gasteiger partial charge in [0.05, 0.1) is 12.3 Å². The van der Waals surface area contributed by atoms with E-state index < -0.39 is 0 Å². The standard InChI is InChI=1S/C11H14N4O/c1-7-9(3)15(6-13-7)11-12-4-10(5-16)8(2)14-11/h4,6,16H,5H2,1-3H3. The minimum absolute atomic E-state index is 0.0337. The number of aromatic nitrogens is 4. The topological polar surface area (TPSA) is 63.8 Å². The predicted molar refractivity (Wildman–Crippen MR) is 59.3 cm³/mol. The Morgan fingerprint density at radius 2 is 1.94 bits per heavy atom. The summed E-state index contributed by atoms with van der Waals surface area (Å²) in [6.07, 6.45) is 3.35. The van der Waals surface area contributed by atoms with Crippen LogP contribution in [0, 0.1) is 20.8 Å². The predicted octanol–water partition coefficient (Wildman–Crippen LogP) is 1.08. The second-order valence-corrected chi connectivity index (χ2v) is 3.72. The number of aliphatic hydroxyl groups excluding tert-OH is 1. The van der Waals surface area contributed by atoms with Crippen LogP contribution in [0.25, 0.3) is 5.95 Å². The molecule has 0 atom stereocenters. The molecule has 5 heteroatoms. The second kappa shape index (κ2) is 4.02. The van der Waals surface area contributed by atoms with Gasteiger partial charge in [-0.05, 0) is 20.8 Å². The van der Waals surface area contributed by atoms with E-state index in [1.807, 2.05) is 25.3 Å². The van der Waals surface area contributed by atoms with Crippen LogP contribution >= 0.6 is 0 Å². The zero-order valence-corrected chi connectivity index (χ0v) is 9.60. The van der Waals surface area contributed by atoms with Gasteiger partial charge in [-0.2, -0.15) is 0 Å². The summed E-state index contributed by atoms with van der Waals surface area (Å²) in [4.78, 5) is 12.7. The molecule has 0 aliphatic rings. The Kier molecular flexibility index (Phi) is 2.70. The zero-order valence-electron chi connectivity index (χ0n) is 9.60. The third kappa shape index (κ3) is 1.69. The Labute approximate surface area is 93.8 Å². The van der Waals surface area contributed by atoms with Gasteiger partial charge in [0.1, 0.15) is 6.33 Å². The first-order valence-corrected chi connectivity index (χ1v) is 5.07. The quantitative estimate of drug-likeness (QED) is 0.819. The fraction of sp³-hybridized carbons (Fsp3) is 0.364. The van der Waals surface area contributed by atoms with E-state index in [4.69, 9.17) is 5.11 Å². The summed E-state index contributed by atoms with van der Waals surface area (Å²) < 4.78 is 1.84. The Bertz CT molecular complexity index is 519. The first-order valence-electron chi connectivity index (χ1n) is 5.07. The van der Waals surface area contributed by atoms with Gasteiger partial charge in [-0.15, -0.1) is 0 Å². The van der Waals surface area contributed by atoms with Crippen LogP contribution < -0.4 is 0 Å². The highest BCUT2D eigenvalue weighted by Gasteiger charge is 2.08. The van der Waals surface area contributed by atoms with Crippen LogP contribution in [-0.4, -0.2) is 24.6 Å². The van der Waals surface area contributed by atoms with Gasteiger partial charge >= 0.3 is 0 Å². The van der Waals surface area contributed by atoms with Crippen molar-refractivity contribution in [3.8, 4) is 5.95 Å². The van der Waals surface area contributed by atoms with Crippen LogP contribution in [0.15, 0.2) is 12.5 Å². The molecule has 0 radical (unpaired) electrons. The van der Waals surface area contributed by atoms with Gasteiger partial charge in [0.25, 0.3) is 0 Å². The van der Waals surface area contributed by atoms with E-state index in [-0.39, 0.29) is 6.61 Å². The molecular formula is C11H14N4O. The van der Waals surface area contributed by atoms with Crippen molar-refractivity contribution < 1.29 is 5.11 Å². The zero-order chi connectivity index (χ0) is 11.7. The largest absolute Gasteiger partial charge is 0.392 e.